The predicted octanol–water partition coefficient (Wildman–Crippen LogP) is 4.54. The molecule has 0 rings (SSSR count). The summed E-state index contributed by atoms with van der Waals surface area (Å²) in [6.45, 7) is 4.94. The summed E-state index contributed by atoms with van der Waals surface area (Å²) in [6, 6.07) is 0. The molecule has 0 fully saturated rings. The van der Waals surface area contributed by atoms with Crippen molar-refractivity contribution in [1.29, 1.82) is 0 Å². The summed E-state index contributed by atoms with van der Waals surface area (Å²) in [6.07, 6.45) is 13.3. The second-order valence-corrected chi connectivity index (χ2v) is 4.70. The van der Waals surface area contributed by atoms with Gasteiger partial charge < -0.3 is 5.11 Å². The van der Waals surface area contributed by atoms with E-state index in [-0.39, 0.29) is 0 Å². The van der Waals surface area contributed by atoms with Crippen molar-refractivity contribution in [3.05, 3.63) is 0 Å². The van der Waals surface area contributed by atoms with Crippen LogP contribution >= 0.6 is 0 Å². The normalized spacial score (nSPS) is 13.0. The Morgan fingerprint density at radius 3 is 1.93 bits per heavy atom. The third-order valence-corrected chi connectivity index (χ3v) is 3.31. The van der Waals surface area contributed by atoms with E-state index in [1.807, 2.05) is 0 Å². The van der Waals surface area contributed by atoms with Crippen LogP contribution in [0.3, 0.4) is 0 Å². The van der Waals surface area contributed by atoms with Crippen molar-refractivity contribution in [3.8, 4) is 0 Å². The molecule has 0 amide bonds. The summed E-state index contributed by atoms with van der Waals surface area (Å²) in [7, 11) is 0. The van der Waals surface area contributed by atoms with Crippen molar-refractivity contribution in [3.63, 3.8) is 0 Å². The fourth-order valence-corrected chi connectivity index (χ4v) is 2.13. The van der Waals surface area contributed by atoms with Gasteiger partial charge in [0.25, 0.3) is 0 Å². The molecule has 0 aliphatic rings. The quantitative estimate of drug-likeness (QED) is 0.501. The molecule has 1 nitrogen and oxygen atoms in total. The highest BCUT2D eigenvalue weighted by Crippen LogP contribution is 2.20. The number of aliphatic hydroxyl groups is 1. The van der Waals surface area contributed by atoms with Crippen LogP contribution in [0.1, 0.15) is 78.1 Å². The van der Waals surface area contributed by atoms with E-state index in [9.17, 15) is 0 Å². The van der Waals surface area contributed by atoms with E-state index in [2.05, 4.69) is 13.8 Å². The standard InChI is InChI=1S/C14H30O/c1-3-5-6-7-8-11-14(4-2)12-9-10-13-15/h14-15H,3-13H2,1-2H3. The van der Waals surface area contributed by atoms with Gasteiger partial charge in [-0.2, -0.15) is 0 Å². The van der Waals surface area contributed by atoms with Crippen LogP contribution in [0.2, 0.25) is 0 Å². The van der Waals surface area contributed by atoms with Gasteiger partial charge in [-0.05, 0) is 12.3 Å². The largest absolute Gasteiger partial charge is 0.396 e. The van der Waals surface area contributed by atoms with Gasteiger partial charge in [0.05, 0.1) is 0 Å². The van der Waals surface area contributed by atoms with Gasteiger partial charge >= 0.3 is 0 Å². The summed E-state index contributed by atoms with van der Waals surface area (Å²) >= 11 is 0. The molecule has 0 aliphatic carbocycles. The molecule has 0 saturated carbocycles. The minimum absolute atomic E-state index is 0.368. The summed E-state index contributed by atoms with van der Waals surface area (Å²) in [5.74, 6) is 0.915. The van der Waals surface area contributed by atoms with Crippen molar-refractivity contribution in [2.75, 3.05) is 6.61 Å². The molecule has 0 bridgehead atoms. The fourth-order valence-electron chi connectivity index (χ4n) is 2.13. The molecule has 0 aliphatic heterocycles. The van der Waals surface area contributed by atoms with E-state index in [1.54, 1.807) is 0 Å². The number of aliphatic hydroxyl groups excluding tert-OH is 1. The van der Waals surface area contributed by atoms with Crippen LogP contribution in [0.15, 0.2) is 0 Å². The maximum Gasteiger partial charge on any atom is 0.0431 e. The molecule has 1 heteroatoms. The van der Waals surface area contributed by atoms with Crippen molar-refractivity contribution >= 4 is 0 Å². The maximum atomic E-state index is 8.73. The second kappa shape index (κ2) is 12.0. The first kappa shape index (κ1) is 15.0. The lowest BCUT2D eigenvalue weighted by Crippen LogP contribution is -1.99. The van der Waals surface area contributed by atoms with Crippen molar-refractivity contribution < 1.29 is 5.11 Å². The minimum atomic E-state index is 0.368. The van der Waals surface area contributed by atoms with E-state index in [0.717, 1.165) is 12.3 Å². The van der Waals surface area contributed by atoms with E-state index in [0.29, 0.717) is 6.61 Å². The zero-order valence-corrected chi connectivity index (χ0v) is 10.8. The van der Waals surface area contributed by atoms with E-state index >= 15 is 0 Å². The Hall–Kier alpha value is -0.0400. The molecule has 0 radical (unpaired) electrons. The monoisotopic (exact) mass is 214 g/mol. The zero-order valence-electron chi connectivity index (χ0n) is 10.8. The zero-order chi connectivity index (χ0) is 11.4. The highest BCUT2D eigenvalue weighted by atomic mass is 16.2. The Bertz CT molecular complexity index is 112. The van der Waals surface area contributed by atoms with Gasteiger partial charge in [0, 0.05) is 6.61 Å². The maximum absolute atomic E-state index is 8.73. The van der Waals surface area contributed by atoms with Crippen LogP contribution in [0.4, 0.5) is 0 Å². The topological polar surface area (TPSA) is 20.2 Å². The second-order valence-electron chi connectivity index (χ2n) is 4.70. The Morgan fingerprint density at radius 2 is 1.40 bits per heavy atom. The molecule has 0 aromatic rings. The highest BCUT2D eigenvalue weighted by molar-refractivity contribution is 4.58. The number of hydrogen-bond acceptors (Lipinski definition) is 1. The molecule has 92 valence electrons. The summed E-state index contributed by atoms with van der Waals surface area (Å²) in [5, 5.41) is 8.73. The lowest BCUT2D eigenvalue weighted by atomic mass is 9.93. The van der Waals surface area contributed by atoms with Crippen molar-refractivity contribution in [2.24, 2.45) is 5.92 Å². The average molecular weight is 214 g/mol. The average Bonchev–Trinajstić information content (AvgIpc) is 2.26. The Morgan fingerprint density at radius 1 is 0.800 bits per heavy atom. The van der Waals surface area contributed by atoms with Gasteiger partial charge in [0.1, 0.15) is 0 Å². The van der Waals surface area contributed by atoms with E-state index in [1.165, 1.54) is 57.8 Å². The van der Waals surface area contributed by atoms with Crippen LogP contribution in [0.25, 0.3) is 0 Å². The molecule has 0 spiro atoms. The van der Waals surface area contributed by atoms with Crippen LogP contribution in [-0.4, -0.2) is 11.7 Å². The molecule has 1 atom stereocenters. The molecular formula is C14H30O. The van der Waals surface area contributed by atoms with Gasteiger partial charge in [-0.1, -0.05) is 71.6 Å². The first-order valence-corrected chi connectivity index (χ1v) is 6.96. The third kappa shape index (κ3) is 10.2. The third-order valence-electron chi connectivity index (χ3n) is 3.31. The van der Waals surface area contributed by atoms with Crippen LogP contribution in [-0.2, 0) is 0 Å². The minimum Gasteiger partial charge on any atom is -0.396 e. The Balaban J connectivity index is 3.28. The smallest absolute Gasteiger partial charge is 0.0431 e. The van der Waals surface area contributed by atoms with Crippen LogP contribution in [0.5, 0.6) is 0 Å². The van der Waals surface area contributed by atoms with Crippen LogP contribution in [0, 0.1) is 5.92 Å². The Kier molecular flexibility index (Phi) is 12.0. The lowest BCUT2D eigenvalue weighted by molar-refractivity contribution is 0.274. The number of rotatable bonds is 11. The van der Waals surface area contributed by atoms with Gasteiger partial charge in [-0.3, -0.25) is 0 Å². The van der Waals surface area contributed by atoms with Gasteiger partial charge in [-0.15, -0.1) is 0 Å². The number of unbranched alkanes of at least 4 members (excludes halogenated alkanes) is 5. The van der Waals surface area contributed by atoms with Gasteiger partial charge in [-0.25, -0.2) is 0 Å². The van der Waals surface area contributed by atoms with Crippen LogP contribution < -0.4 is 0 Å². The highest BCUT2D eigenvalue weighted by Gasteiger charge is 2.05. The summed E-state index contributed by atoms with van der Waals surface area (Å²) < 4.78 is 0. The molecule has 0 aromatic carbocycles. The first-order valence-electron chi connectivity index (χ1n) is 6.96. The molecule has 0 saturated heterocycles. The summed E-state index contributed by atoms with van der Waals surface area (Å²) in [4.78, 5) is 0. The fraction of sp³-hybridized carbons (Fsp3) is 1.00. The SMILES string of the molecule is CCCCCCCC(CC)CCCCO. The first-order chi connectivity index (χ1) is 7.35. The van der Waals surface area contributed by atoms with Crippen molar-refractivity contribution in [2.45, 2.75) is 78.1 Å². The van der Waals surface area contributed by atoms with E-state index < -0.39 is 0 Å². The van der Waals surface area contributed by atoms with Gasteiger partial charge in [0.15, 0.2) is 0 Å². The Labute approximate surface area is 96.3 Å². The molecule has 1 unspecified atom stereocenters. The lowest BCUT2D eigenvalue weighted by Gasteiger charge is -2.14. The molecule has 0 aromatic heterocycles. The van der Waals surface area contributed by atoms with Crippen molar-refractivity contribution in [1.82, 2.24) is 0 Å². The van der Waals surface area contributed by atoms with Gasteiger partial charge in [0.2, 0.25) is 0 Å². The molecule has 15 heavy (non-hydrogen) atoms. The summed E-state index contributed by atoms with van der Waals surface area (Å²) in [5.41, 5.74) is 0. The van der Waals surface area contributed by atoms with E-state index in [4.69, 9.17) is 5.11 Å². The molecular weight excluding hydrogens is 184 g/mol. The predicted molar refractivity (Wildman–Crippen MR) is 68.1 cm³/mol. The molecule has 0 heterocycles. The molecule has 1 N–H and O–H groups in total. The number of hydrogen-bond donors (Lipinski definition) is 1.